The highest BCUT2D eigenvalue weighted by Crippen LogP contribution is 2.24. The number of allylic oxidation sites excluding steroid dienone is 1. The van der Waals surface area contributed by atoms with Gasteiger partial charge in [0.15, 0.2) is 0 Å². The summed E-state index contributed by atoms with van der Waals surface area (Å²) >= 11 is 3.36. The minimum absolute atomic E-state index is 0.387. The van der Waals surface area contributed by atoms with Crippen molar-refractivity contribution in [2.45, 2.75) is 38.0 Å². The smallest absolute Gasteiger partial charge is 0.310 e. The highest BCUT2D eigenvalue weighted by atomic mass is 79.9. The summed E-state index contributed by atoms with van der Waals surface area (Å²) in [7, 11) is 0. The molecule has 0 spiro atoms. The Kier molecular flexibility index (Phi) is 6.73. The van der Waals surface area contributed by atoms with E-state index >= 15 is 0 Å². The number of hydrogen-bond acceptors (Lipinski definition) is 1. The Hall–Kier alpha value is -1.09. The van der Waals surface area contributed by atoms with Crippen LogP contribution < -0.4 is 0 Å². The molecule has 0 radical (unpaired) electrons. The topological polar surface area (TPSA) is 37.3 Å². The molecule has 0 bridgehead atoms. The van der Waals surface area contributed by atoms with Crippen LogP contribution in [0.5, 0.6) is 0 Å². The SMILES string of the molecule is C=CCCCCCC(C(=O)O)c1ccc(Br)cc1. The minimum atomic E-state index is -0.735. The van der Waals surface area contributed by atoms with Gasteiger partial charge in [-0.15, -0.1) is 6.58 Å². The van der Waals surface area contributed by atoms with Gasteiger partial charge in [-0.3, -0.25) is 4.79 Å². The number of unbranched alkanes of at least 4 members (excludes halogenated alkanes) is 3. The summed E-state index contributed by atoms with van der Waals surface area (Å²) in [5.74, 6) is -1.12. The van der Waals surface area contributed by atoms with Gasteiger partial charge >= 0.3 is 5.97 Å². The van der Waals surface area contributed by atoms with E-state index in [9.17, 15) is 9.90 Å². The van der Waals surface area contributed by atoms with Crippen LogP contribution in [0.2, 0.25) is 0 Å². The van der Waals surface area contributed by atoms with E-state index in [4.69, 9.17) is 0 Å². The van der Waals surface area contributed by atoms with Crippen LogP contribution >= 0.6 is 15.9 Å². The van der Waals surface area contributed by atoms with Gasteiger partial charge in [0, 0.05) is 4.47 Å². The van der Waals surface area contributed by atoms with Crippen molar-refractivity contribution in [3.8, 4) is 0 Å². The lowest BCUT2D eigenvalue weighted by Gasteiger charge is -2.12. The Labute approximate surface area is 117 Å². The van der Waals surface area contributed by atoms with Crippen molar-refractivity contribution >= 4 is 21.9 Å². The van der Waals surface area contributed by atoms with E-state index in [0.717, 1.165) is 35.7 Å². The van der Waals surface area contributed by atoms with Crippen molar-refractivity contribution in [3.05, 3.63) is 47.0 Å². The number of aliphatic carboxylic acids is 1. The molecule has 0 aliphatic rings. The highest BCUT2D eigenvalue weighted by Gasteiger charge is 2.18. The normalized spacial score (nSPS) is 12.1. The number of carboxylic acid groups (broad SMARTS) is 1. The number of carboxylic acids is 1. The maximum absolute atomic E-state index is 11.3. The molecule has 0 saturated heterocycles. The first-order valence-corrected chi connectivity index (χ1v) is 7.03. The van der Waals surface area contributed by atoms with Crippen molar-refractivity contribution in [1.29, 1.82) is 0 Å². The van der Waals surface area contributed by atoms with Crippen molar-refractivity contribution in [3.63, 3.8) is 0 Å². The third-order valence-corrected chi connectivity index (χ3v) is 3.50. The Morgan fingerprint density at radius 3 is 2.50 bits per heavy atom. The molecular weight excluding hydrogens is 292 g/mol. The lowest BCUT2D eigenvalue weighted by molar-refractivity contribution is -0.139. The van der Waals surface area contributed by atoms with E-state index < -0.39 is 5.97 Å². The third kappa shape index (κ3) is 5.05. The molecule has 1 aromatic carbocycles. The Morgan fingerprint density at radius 2 is 1.94 bits per heavy atom. The first-order valence-electron chi connectivity index (χ1n) is 6.24. The van der Waals surface area contributed by atoms with Gasteiger partial charge < -0.3 is 5.11 Å². The molecule has 2 nitrogen and oxygen atoms in total. The Bertz CT molecular complexity index is 384. The number of halogens is 1. The van der Waals surface area contributed by atoms with Crippen molar-refractivity contribution < 1.29 is 9.90 Å². The molecule has 0 amide bonds. The third-order valence-electron chi connectivity index (χ3n) is 2.97. The number of carbonyl (C=O) groups is 1. The van der Waals surface area contributed by atoms with Crippen molar-refractivity contribution in [2.24, 2.45) is 0 Å². The number of rotatable bonds is 8. The average Bonchev–Trinajstić information content (AvgIpc) is 2.35. The van der Waals surface area contributed by atoms with E-state index in [1.54, 1.807) is 0 Å². The second kappa shape index (κ2) is 8.09. The fourth-order valence-corrected chi connectivity index (χ4v) is 2.21. The van der Waals surface area contributed by atoms with Gasteiger partial charge in [0.05, 0.1) is 5.92 Å². The predicted molar refractivity (Wildman–Crippen MR) is 77.8 cm³/mol. The molecule has 0 aliphatic heterocycles. The van der Waals surface area contributed by atoms with Gasteiger partial charge in [0.2, 0.25) is 0 Å². The summed E-state index contributed by atoms with van der Waals surface area (Å²) in [5, 5.41) is 9.27. The molecule has 0 aromatic heterocycles. The largest absolute Gasteiger partial charge is 0.481 e. The van der Waals surface area contributed by atoms with E-state index in [2.05, 4.69) is 22.5 Å². The van der Waals surface area contributed by atoms with Gasteiger partial charge in [0.1, 0.15) is 0 Å². The lowest BCUT2D eigenvalue weighted by Crippen LogP contribution is -2.11. The molecule has 0 fully saturated rings. The van der Waals surface area contributed by atoms with Crippen LogP contribution in [0.25, 0.3) is 0 Å². The molecular formula is C15H19BrO2. The van der Waals surface area contributed by atoms with Gasteiger partial charge in [-0.25, -0.2) is 0 Å². The summed E-state index contributed by atoms with van der Waals surface area (Å²) in [6.07, 6.45) is 6.72. The molecule has 1 rings (SSSR count). The molecule has 3 heteroatoms. The van der Waals surface area contributed by atoms with Gasteiger partial charge in [-0.2, -0.15) is 0 Å². The summed E-state index contributed by atoms with van der Waals surface area (Å²) < 4.78 is 0.973. The summed E-state index contributed by atoms with van der Waals surface area (Å²) in [5.41, 5.74) is 0.884. The van der Waals surface area contributed by atoms with E-state index in [1.165, 1.54) is 0 Å². The molecule has 0 heterocycles. The van der Waals surface area contributed by atoms with E-state index in [0.29, 0.717) is 6.42 Å². The lowest BCUT2D eigenvalue weighted by atomic mass is 9.93. The van der Waals surface area contributed by atoms with Crippen molar-refractivity contribution in [1.82, 2.24) is 0 Å². The molecule has 1 aromatic rings. The fourth-order valence-electron chi connectivity index (χ4n) is 1.94. The number of hydrogen-bond donors (Lipinski definition) is 1. The zero-order valence-electron chi connectivity index (χ0n) is 10.4. The zero-order valence-corrected chi connectivity index (χ0v) is 12.0. The Morgan fingerprint density at radius 1 is 1.28 bits per heavy atom. The average molecular weight is 311 g/mol. The molecule has 98 valence electrons. The summed E-state index contributed by atoms with van der Waals surface area (Å²) in [6.45, 7) is 3.68. The fraction of sp³-hybridized carbons (Fsp3) is 0.400. The van der Waals surface area contributed by atoms with Crippen LogP contribution in [0.3, 0.4) is 0 Å². The summed E-state index contributed by atoms with van der Waals surface area (Å²) in [4.78, 5) is 11.3. The van der Waals surface area contributed by atoms with Gasteiger partial charge in [-0.1, -0.05) is 47.0 Å². The van der Waals surface area contributed by atoms with E-state index in [1.807, 2.05) is 30.3 Å². The van der Waals surface area contributed by atoms with Gasteiger partial charge in [-0.05, 0) is 37.0 Å². The second-order valence-electron chi connectivity index (χ2n) is 4.37. The maximum atomic E-state index is 11.3. The molecule has 1 unspecified atom stereocenters. The second-order valence-corrected chi connectivity index (χ2v) is 5.28. The van der Waals surface area contributed by atoms with E-state index in [-0.39, 0.29) is 5.92 Å². The monoisotopic (exact) mass is 310 g/mol. The van der Waals surface area contributed by atoms with Crippen LogP contribution in [0.1, 0.15) is 43.6 Å². The minimum Gasteiger partial charge on any atom is -0.481 e. The maximum Gasteiger partial charge on any atom is 0.310 e. The molecule has 18 heavy (non-hydrogen) atoms. The number of benzene rings is 1. The standard InChI is InChI=1S/C15H19BrO2/c1-2-3-4-5-6-7-14(15(17)18)12-8-10-13(16)11-9-12/h2,8-11,14H,1,3-7H2,(H,17,18). The molecule has 1 atom stereocenters. The highest BCUT2D eigenvalue weighted by molar-refractivity contribution is 9.10. The predicted octanol–water partition coefficient (Wildman–Crippen LogP) is 4.75. The van der Waals surface area contributed by atoms with Crippen LogP contribution in [-0.4, -0.2) is 11.1 Å². The van der Waals surface area contributed by atoms with Crippen LogP contribution in [-0.2, 0) is 4.79 Å². The Balaban J connectivity index is 2.52. The van der Waals surface area contributed by atoms with Crippen molar-refractivity contribution in [2.75, 3.05) is 0 Å². The van der Waals surface area contributed by atoms with Gasteiger partial charge in [0.25, 0.3) is 0 Å². The molecule has 1 N–H and O–H groups in total. The van der Waals surface area contributed by atoms with Crippen LogP contribution in [0.4, 0.5) is 0 Å². The zero-order chi connectivity index (χ0) is 13.4. The van der Waals surface area contributed by atoms with Crippen LogP contribution in [0.15, 0.2) is 41.4 Å². The molecule has 0 saturated carbocycles. The quantitative estimate of drug-likeness (QED) is 0.555. The first-order chi connectivity index (χ1) is 8.65. The summed E-state index contributed by atoms with van der Waals surface area (Å²) in [6, 6.07) is 7.55. The van der Waals surface area contributed by atoms with Crippen LogP contribution in [0, 0.1) is 0 Å². The molecule has 0 aliphatic carbocycles. The first kappa shape index (κ1) is 15.0.